The second-order valence-corrected chi connectivity index (χ2v) is 5.75. The third-order valence-corrected chi connectivity index (χ3v) is 4.04. The average Bonchev–Trinajstić information content (AvgIpc) is 3.31. The van der Waals surface area contributed by atoms with Gasteiger partial charge in [0.25, 0.3) is 0 Å². The van der Waals surface area contributed by atoms with Crippen molar-refractivity contribution >= 4 is 23.3 Å². The van der Waals surface area contributed by atoms with Crippen LogP contribution in [0.25, 0.3) is 0 Å². The van der Waals surface area contributed by atoms with Gasteiger partial charge in [0.15, 0.2) is 6.04 Å². The quantitative estimate of drug-likeness (QED) is 0.857. The van der Waals surface area contributed by atoms with Gasteiger partial charge in [-0.1, -0.05) is 48.0 Å². The molecule has 2 N–H and O–H groups in total. The van der Waals surface area contributed by atoms with E-state index in [1.54, 1.807) is 12.1 Å². The third kappa shape index (κ3) is 3.19. The van der Waals surface area contributed by atoms with Crippen LogP contribution in [0.5, 0.6) is 0 Å². The minimum Gasteiger partial charge on any atom is -0.479 e. The summed E-state index contributed by atoms with van der Waals surface area (Å²) in [6, 6.07) is 14.2. The van der Waals surface area contributed by atoms with Gasteiger partial charge in [-0.3, -0.25) is 0 Å². The summed E-state index contributed by atoms with van der Waals surface area (Å²) in [6.45, 7) is 0. The Morgan fingerprint density at radius 2 is 1.95 bits per heavy atom. The molecule has 21 heavy (non-hydrogen) atoms. The number of nitrogens with one attached hydrogen (secondary N) is 1. The number of para-hydroxylation sites is 1. The molecular formula is C17H16ClNO2. The molecule has 0 aromatic heterocycles. The molecule has 0 amide bonds. The number of hydrogen-bond donors (Lipinski definition) is 2. The van der Waals surface area contributed by atoms with Crippen molar-refractivity contribution in [2.75, 3.05) is 5.32 Å². The summed E-state index contributed by atoms with van der Waals surface area (Å²) in [4.78, 5) is 11.6. The smallest absolute Gasteiger partial charge is 0.330 e. The molecule has 0 spiro atoms. The van der Waals surface area contributed by atoms with Crippen molar-refractivity contribution in [1.29, 1.82) is 0 Å². The van der Waals surface area contributed by atoms with Gasteiger partial charge in [0.2, 0.25) is 0 Å². The second kappa shape index (κ2) is 5.78. The van der Waals surface area contributed by atoms with Crippen LogP contribution in [0.4, 0.5) is 5.69 Å². The van der Waals surface area contributed by atoms with Crippen LogP contribution in [0.1, 0.15) is 35.9 Å². The van der Waals surface area contributed by atoms with Crippen LogP contribution in [0.15, 0.2) is 48.5 Å². The molecule has 0 bridgehead atoms. The number of rotatable bonds is 5. The van der Waals surface area contributed by atoms with Gasteiger partial charge in [-0.15, -0.1) is 0 Å². The van der Waals surface area contributed by atoms with Crippen LogP contribution in [0.3, 0.4) is 0 Å². The standard InChI is InChI=1S/C17H16ClNO2/c18-14-6-1-2-7-15(14)19-16(17(20)21)13-5-3-4-12(10-13)11-8-9-11/h1-7,10-11,16,19H,8-9H2,(H,20,21). The zero-order valence-electron chi connectivity index (χ0n) is 11.4. The summed E-state index contributed by atoms with van der Waals surface area (Å²) in [5.41, 5.74) is 2.61. The summed E-state index contributed by atoms with van der Waals surface area (Å²) >= 11 is 6.10. The summed E-state index contributed by atoms with van der Waals surface area (Å²) in [5.74, 6) is -0.317. The first-order valence-corrected chi connectivity index (χ1v) is 7.36. The highest BCUT2D eigenvalue weighted by Crippen LogP contribution is 2.40. The van der Waals surface area contributed by atoms with E-state index in [0.29, 0.717) is 16.6 Å². The van der Waals surface area contributed by atoms with Gasteiger partial charge >= 0.3 is 5.97 Å². The maximum Gasteiger partial charge on any atom is 0.330 e. The summed E-state index contributed by atoms with van der Waals surface area (Å²) in [5, 5.41) is 13.1. The largest absolute Gasteiger partial charge is 0.479 e. The van der Waals surface area contributed by atoms with Gasteiger partial charge in [0.05, 0.1) is 10.7 Å². The number of anilines is 1. The van der Waals surface area contributed by atoms with E-state index in [2.05, 4.69) is 11.4 Å². The molecule has 1 unspecified atom stereocenters. The Morgan fingerprint density at radius 1 is 1.19 bits per heavy atom. The van der Waals surface area contributed by atoms with Gasteiger partial charge in [-0.25, -0.2) is 4.79 Å². The molecule has 3 rings (SSSR count). The van der Waals surface area contributed by atoms with E-state index >= 15 is 0 Å². The second-order valence-electron chi connectivity index (χ2n) is 5.34. The topological polar surface area (TPSA) is 49.3 Å². The van der Waals surface area contributed by atoms with Gasteiger partial charge in [0, 0.05) is 0 Å². The van der Waals surface area contributed by atoms with E-state index in [-0.39, 0.29) is 0 Å². The number of aliphatic carboxylic acids is 1. The Morgan fingerprint density at radius 3 is 2.62 bits per heavy atom. The molecule has 1 fully saturated rings. The van der Waals surface area contributed by atoms with E-state index < -0.39 is 12.0 Å². The molecule has 1 aliphatic carbocycles. The predicted molar refractivity (Wildman–Crippen MR) is 83.9 cm³/mol. The van der Waals surface area contributed by atoms with Gasteiger partial charge in [-0.05, 0) is 42.0 Å². The molecule has 0 aliphatic heterocycles. The van der Waals surface area contributed by atoms with Crippen molar-refractivity contribution in [2.24, 2.45) is 0 Å². The molecular weight excluding hydrogens is 286 g/mol. The van der Waals surface area contributed by atoms with Crippen LogP contribution in [-0.4, -0.2) is 11.1 Å². The predicted octanol–water partition coefficient (Wildman–Crippen LogP) is 4.46. The summed E-state index contributed by atoms with van der Waals surface area (Å²) in [7, 11) is 0. The van der Waals surface area contributed by atoms with Crippen molar-refractivity contribution in [3.63, 3.8) is 0 Å². The van der Waals surface area contributed by atoms with Crippen LogP contribution in [0, 0.1) is 0 Å². The Bertz CT molecular complexity index is 667. The number of carboxylic acid groups (broad SMARTS) is 1. The Balaban J connectivity index is 1.89. The lowest BCUT2D eigenvalue weighted by Gasteiger charge is -2.18. The minimum absolute atomic E-state index is 0.516. The average molecular weight is 302 g/mol. The third-order valence-electron chi connectivity index (χ3n) is 3.71. The zero-order valence-corrected chi connectivity index (χ0v) is 12.2. The highest BCUT2D eigenvalue weighted by molar-refractivity contribution is 6.33. The normalized spacial score (nSPS) is 15.5. The van der Waals surface area contributed by atoms with E-state index in [1.807, 2.05) is 30.3 Å². The van der Waals surface area contributed by atoms with Gasteiger partial charge in [-0.2, -0.15) is 0 Å². The van der Waals surface area contributed by atoms with E-state index in [9.17, 15) is 9.90 Å². The van der Waals surface area contributed by atoms with Crippen LogP contribution in [0.2, 0.25) is 5.02 Å². The lowest BCUT2D eigenvalue weighted by molar-refractivity contribution is -0.138. The molecule has 3 nitrogen and oxygen atoms in total. The first-order chi connectivity index (χ1) is 10.1. The Labute approximate surface area is 128 Å². The lowest BCUT2D eigenvalue weighted by atomic mass is 10.0. The zero-order chi connectivity index (χ0) is 14.8. The summed E-state index contributed by atoms with van der Waals surface area (Å²) in [6.07, 6.45) is 2.39. The fourth-order valence-electron chi connectivity index (χ4n) is 2.43. The molecule has 108 valence electrons. The molecule has 1 atom stereocenters. The van der Waals surface area contributed by atoms with Crippen LogP contribution >= 0.6 is 11.6 Å². The number of halogens is 1. The van der Waals surface area contributed by atoms with E-state index in [1.165, 1.54) is 18.4 Å². The highest BCUT2D eigenvalue weighted by atomic mass is 35.5. The van der Waals surface area contributed by atoms with Crippen molar-refractivity contribution in [3.05, 3.63) is 64.7 Å². The lowest BCUT2D eigenvalue weighted by Crippen LogP contribution is -2.20. The number of carboxylic acids is 1. The fourth-order valence-corrected chi connectivity index (χ4v) is 2.62. The van der Waals surface area contributed by atoms with Crippen molar-refractivity contribution in [2.45, 2.75) is 24.8 Å². The van der Waals surface area contributed by atoms with E-state index in [0.717, 1.165) is 5.56 Å². The van der Waals surface area contributed by atoms with Gasteiger partial charge in [0.1, 0.15) is 0 Å². The molecule has 1 saturated carbocycles. The van der Waals surface area contributed by atoms with E-state index in [4.69, 9.17) is 11.6 Å². The number of hydrogen-bond acceptors (Lipinski definition) is 2. The Kier molecular flexibility index (Phi) is 3.84. The molecule has 4 heteroatoms. The van der Waals surface area contributed by atoms with Crippen LogP contribution in [-0.2, 0) is 4.79 Å². The molecule has 0 saturated heterocycles. The van der Waals surface area contributed by atoms with Crippen LogP contribution < -0.4 is 5.32 Å². The summed E-state index contributed by atoms with van der Waals surface area (Å²) < 4.78 is 0. The molecule has 1 aliphatic rings. The highest BCUT2D eigenvalue weighted by Gasteiger charge is 2.26. The monoisotopic (exact) mass is 301 g/mol. The van der Waals surface area contributed by atoms with Crippen molar-refractivity contribution in [3.8, 4) is 0 Å². The molecule has 2 aromatic rings. The maximum atomic E-state index is 11.6. The Hall–Kier alpha value is -2.00. The number of benzene rings is 2. The number of carbonyl (C=O) groups is 1. The first kappa shape index (κ1) is 14.0. The van der Waals surface area contributed by atoms with Crippen molar-refractivity contribution < 1.29 is 9.90 Å². The fraction of sp³-hybridized carbons (Fsp3) is 0.235. The SMILES string of the molecule is O=C(O)C(Nc1ccccc1Cl)c1cccc(C2CC2)c1. The first-order valence-electron chi connectivity index (χ1n) is 6.99. The molecule has 2 aromatic carbocycles. The minimum atomic E-state index is -0.914. The maximum absolute atomic E-state index is 11.6. The van der Waals surface area contributed by atoms with Gasteiger partial charge < -0.3 is 10.4 Å². The molecule has 0 radical (unpaired) electrons. The molecule has 0 heterocycles. The van der Waals surface area contributed by atoms with Crippen molar-refractivity contribution in [1.82, 2.24) is 0 Å².